The third-order valence-electron chi connectivity index (χ3n) is 2.27. The molecule has 7 heteroatoms. The number of nitrogens with one attached hydrogen (secondary N) is 1. The summed E-state index contributed by atoms with van der Waals surface area (Å²) in [6.45, 7) is 4.44. The highest BCUT2D eigenvalue weighted by Gasteiger charge is 2.26. The van der Waals surface area contributed by atoms with E-state index < -0.39 is 27.2 Å². The van der Waals surface area contributed by atoms with Crippen LogP contribution in [0.2, 0.25) is 0 Å². The minimum absolute atomic E-state index is 0.183. The maximum atomic E-state index is 11.4. The molecule has 0 aliphatic rings. The van der Waals surface area contributed by atoms with E-state index in [0.717, 1.165) is 0 Å². The van der Waals surface area contributed by atoms with Gasteiger partial charge in [0.25, 0.3) is 0 Å². The second-order valence-corrected chi connectivity index (χ2v) is 5.94. The number of sulfonamides is 1. The predicted octanol–water partition coefficient (Wildman–Crippen LogP) is 0.175. The van der Waals surface area contributed by atoms with Crippen LogP contribution in [0, 0.1) is 23.2 Å². The molecular weight excluding hydrogens is 232 g/mol. The quantitative estimate of drug-likeness (QED) is 0.697. The lowest BCUT2D eigenvalue weighted by molar-refractivity contribution is -0.142. The van der Waals surface area contributed by atoms with Gasteiger partial charge in [-0.05, 0) is 12.8 Å². The van der Waals surface area contributed by atoms with E-state index in [1.54, 1.807) is 19.9 Å². The van der Waals surface area contributed by atoms with Gasteiger partial charge in [0.05, 0.1) is 12.0 Å². The fourth-order valence-electron chi connectivity index (χ4n) is 1.01. The Kier molecular flexibility index (Phi) is 5.41. The van der Waals surface area contributed by atoms with Gasteiger partial charge in [-0.25, -0.2) is 13.1 Å². The van der Waals surface area contributed by atoms with E-state index in [0.29, 0.717) is 0 Å². The summed E-state index contributed by atoms with van der Waals surface area (Å²) in [5.74, 6) is -2.03. The van der Waals surface area contributed by atoms with Gasteiger partial charge < -0.3 is 5.11 Å². The Morgan fingerprint density at radius 3 is 2.25 bits per heavy atom. The first-order valence-electron chi connectivity index (χ1n) is 4.83. The average Bonchev–Trinajstić information content (AvgIpc) is 2.15. The molecule has 0 saturated carbocycles. The predicted molar refractivity (Wildman–Crippen MR) is 58.0 cm³/mol. The van der Waals surface area contributed by atoms with Crippen LogP contribution in [-0.2, 0) is 14.8 Å². The molecule has 0 amide bonds. The van der Waals surface area contributed by atoms with Crippen LogP contribution < -0.4 is 4.72 Å². The molecule has 0 bridgehead atoms. The molecule has 2 atom stereocenters. The monoisotopic (exact) mass is 248 g/mol. The highest BCUT2D eigenvalue weighted by atomic mass is 32.2. The zero-order chi connectivity index (χ0) is 12.9. The topological polar surface area (TPSA) is 107 Å². The van der Waals surface area contributed by atoms with Crippen molar-refractivity contribution in [2.75, 3.05) is 6.54 Å². The average molecular weight is 248 g/mol. The minimum Gasteiger partial charge on any atom is -0.481 e. The molecule has 0 aromatic heterocycles. The highest BCUT2D eigenvalue weighted by molar-refractivity contribution is 7.90. The van der Waals surface area contributed by atoms with Crippen LogP contribution in [0.4, 0.5) is 0 Å². The summed E-state index contributed by atoms with van der Waals surface area (Å²) in [6.07, 6.45) is 0. The van der Waals surface area contributed by atoms with Gasteiger partial charge >= 0.3 is 5.97 Å². The number of carboxylic acid groups (broad SMARTS) is 1. The molecule has 0 saturated heterocycles. The van der Waals surface area contributed by atoms with Crippen molar-refractivity contribution in [3.63, 3.8) is 0 Å². The molecule has 6 nitrogen and oxygen atoms in total. The van der Waals surface area contributed by atoms with E-state index in [2.05, 4.69) is 4.72 Å². The zero-order valence-electron chi connectivity index (χ0n) is 9.47. The Labute approximate surface area is 95.3 Å². The number of carboxylic acids is 1. The van der Waals surface area contributed by atoms with E-state index in [9.17, 15) is 13.2 Å². The Balaban J connectivity index is 4.56. The van der Waals surface area contributed by atoms with Crippen molar-refractivity contribution >= 4 is 16.0 Å². The van der Waals surface area contributed by atoms with E-state index in [4.69, 9.17) is 10.4 Å². The van der Waals surface area contributed by atoms with Crippen molar-refractivity contribution < 1.29 is 18.3 Å². The van der Waals surface area contributed by atoms with Crippen LogP contribution in [0.25, 0.3) is 0 Å². The van der Waals surface area contributed by atoms with Crippen LogP contribution in [-0.4, -0.2) is 31.3 Å². The maximum absolute atomic E-state index is 11.4. The number of rotatable bonds is 6. The van der Waals surface area contributed by atoms with Crippen molar-refractivity contribution in [1.29, 1.82) is 5.26 Å². The third-order valence-corrected chi connectivity index (χ3v) is 3.88. The highest BCUT2D eigenvalue weighted by Crippen LogP contribution is 2.10. The number of aliphatic carboxylic acids is 1. The minimum atomic E-state index is -3.75. The molecule has 0 fully saturated rings. The largest absolute Gasteiger partial charge is 0.481 e. The van der Waals surface area contributed by atoms with Crippen LogP contribution in [0.15, 0.2) is 0 Å². The Morgan fingerprint density at radius 2 is 1.94 bits per heavy atom. The summed E-state index contributed by atoms with van der Waals surface area (Å²) in [4.78, 5) is 10.8. The van der Waals surface area contributed by atoms with E-state index in [1.807, 2.05) is 0 Å². The summed E-state index contributed by atoms with van der Waals surface area (Å²) in [5, 5.41) is 16.1. The Hall–Kier alpha value is -1.13. The number of nitrogens with zero attached hydrogens (tertiary/aromatic N) is 1. The standard InChI is InChI=1S/C9H16N2O4S/c1-6(2)8(9(12)13)5-11-16(14,15)7(3)4-10/h6-8,11H,5H2,1-3H3,(H,12,13). The summed E-state index contributed by atoms with van der Waals surface area (Å²) < 4.78 is 24.9. The number of hydrogen-bond acceptors (Lipinski definition) is 4. The normalized spacial score (nSPS) is 15.4. The van der Waals surface area contributed by atoms with E-state index in [-0.39, 0.29) is 12.5 Å². The second kappa shape index (κ2) is 5.82. The van der Waals surface area contributed by atoms with Gasteiger partial charge in [0.15, 0.2) is 5.25 Å². The third kappa shape index (κ3) is 4.16. The molecule has 0 rings (SSSR count). The fraction of sp³-hybridized carbons (Fsp3) is 0.778. The number of carbonyl (C=O) groups is 1. The smallest absolute Gasteiger partial charge is 0.308 e. The Morgan fingerprint density at radius 1 is 1.44 bits per heavy atom. The molecule has 0 radical (unpaired) electrons. The summed E-state index contributed by atoms with van der Waals surface area (Å²) in [5.41, 5.74) is 0. The lowest BCUT2D eigenvalue weighted by atomic mass is 9.97. The van der Waals surface area contributed by atoms with Crippen LogP contribution >= 0.6 is 0 Å². The lowest BCUT2D eigenvalue weighted by Gasteiger charge is -2.17. The lowest BCUT2D eigenvalue weighted by Crippen LogP contribution is -2.39. The second-order valence-electron chi connectivity index (χ2n) is 3.85. The van der Waals surface area contributed by atoms with Gasteiger partial charge in [-0.3, -0.25) is 4.79 Å². The number of nitriles is 1. The van der Waals surface area contributed by atoms with Gasteiger partial charge in [-0.1, -0.05) is 13.8 Å². The van der Waals surface area contributed by atoms with Crippen molar-refractivity contribution in [3.8, 4) is 6.07 Å². The summed E-state index contributed by atoms with van der Waals surface area (Å²) in [7, 11) is -3.75. The molecule has 0 aromatic carbocycles. The molecule has 2 unspecified atom stereocenters. The van der Waals surface area contributed by atoms with Gasteiger partial charge in [0, 0.05) is 6.54 Å². The van der Waals surface area contributed by atoms with Crippen LogP contribution in [0.3, 0.4) is 0 Å². The molecule has 2 N–H and O–H groups in total. The zero-order valence-corrected chi connectivity index (χ0v) is 10.3. The Bertz CT molecular complexity index is 383. The molecular formula is C9H16N2O4S. The van der Waals surface area contributed by atoms with Gasteiger partial charge in [-0.2, -0.15) is 5.26 Å². The van der Waals surface area contributed by atoms with Crippen molar-refractivity contribution in [2.45, 2.75) is 26.0 Å². The van der Waals surface area contributed by atoms with E-state index in [1.165, 1.54) is 6.92 Å². The first kappa shape index (κ1) is 14.9. The summed E-state index contributed by atoms with van der Waals surface area (Å²) >= 11 is 0. The van der Waals surface area contributed by atoms with Gasteiger partial charge in [0.1, 0.15) is 0 Å². The molecule has 0 spiro atoms. The maximum Gasteiger partial charge on any atom is 0.308 e. The molecule has 0 aliphatic carbocycles. The van der Waals surface area contributed by atoms with Crippen LogP contribution in [0.5, 0.6) is 0 Å². The molecule has 16 heavy (non-hydrogen) atoms. The molecule has 92 valence electrons. The van der Waals surface area contributed by atoms with Gasteiger partial charge in [0.2, 0.25) is 10.0 Å². The molecule has 0 heterocycles. The van der Waals surface area contributed by atoms with Crippen molar-refractivity contribution in [3.05, 3.63) is 0 Å². The number of hydrogen-bond donors (Lipinski definition) is 2. The first-order valence-corrected chi connectivity index (χ1v) is 6.38. The first-order chi connectivity index (χ1) is 7.22. The summed E-state index contributed by atoms with van der Waals surface area (Å²) in [6, 6.07) is 1.59. The van der Waals surface area contributed by atoms with Crippen LogP contribution in [0.1, 0.15) is 20.8 Å². The molecule has 0 aliphatic heterocycles. The van der Waals surface area contributed by atoms with Crippen molar-refractivity contribution in [1.82, 2.24) is 4.72 Å². The SMILES string of the molecule is CC(C)C(CNS(=O)(=O)C(C)C#N)C(=O)O. The fourth-order valence-corrected chi connectivity index (χ4v) is 1.81. The molecule has 0 aromatic rings. The van der Waals surface area contributed by atoms with Gasteiger partial charge in [-0.15, -0.1) is 0 Å². The van der Waals surface area contributed by atoms with E-state index >= 15 is 0 Å². The van der Waals surface area contributed by atoms with Crippen molar-refractivity contribution in [2.24, 2.45) is 11.8 Å².